The Kier molecular flexibility index (Phi) is 6.42. The van der Waals surface area contributed by atoms with Crippen LogP contribution in [0, 0.1) is 11.7 Å². The molecule has 36 heavy (non-hydrogen) atoms. The van der Waals surface area contributed by atoms with Gasteiger partial charge in [0.05, 0.1) is 41.4 Å². The van der Waals surface area contributed by atoms with Gasteiger partial charge in [-0.15, -0.1) is 0 Å². The summed E-state index contributed by atoms with van der Waals surface area (Å²) in [6, 6.07) is 12.6. The summed E-state index contributed by atoms with van der Waals surface area (Å²) in [5.74, 6) is -0.721. The second kappa shape index (κ2) is 9.67. The first kappa shape index (κ1) is 23.9. The standard InChI is InChI=1S/C27H29FN6O2/c1-16-14-34(15-21(29)26(16)35)24-7-9-30-13-23(24)31-12-19-6-5-17-3-4-18(11-22(17)32-19)20-8-10-33(2)27(36)25(20)28/h3-11,13,16,21,26,31,35H,12,14-15,29H2,1-2H3/t16-,21+,26+/m0/s1. The molecule has 4 aromatic rings. The third-order valence-electron chi connectivity index (χ3n) is 6.83. The molecule has 4 N–H and O–H groups in total. The van der Waals surface area contributed by atoms with Crippen LogP contribution in [0.15, 0.2) is 65.8 Å². The van der Waals surface area contributed by atoms with Crippen LogP contribution >= 0.6 is 0 Å². The van der Waals surface area contributed by atoms with Crippen molar-refractivity contribution in [2.45, 2.75) is 25.6 Å². The molecule has 5 rings (SSSR count). The Morgan fingerprint density at radius 3 is 2.81 bits per heavy atom. The topological polar surface area (TPSA) is 109 Å². The highest BCUT2D eigenvalue weighted by atomic mass is 19.1. The van der Waals surface area contributed by atoms with Crippen LogP contribution in [-0.2, 0) is 13.6 Å². The van der Waals surface area contributed by atoms with Crippen molar-refractivity contribution in [3.63, 3.8) is 0 Å². The molecular weight excluding hydrogens is 459 g/mol. The number of nitrogens with zero attached hydrogens (tertiary/aromatic N) is 4. The fourth-order valence-electron chi connectivity index (χ4n) is 4.74. The van der Waals surface area contributed by atoms with Crippen molar-refractivity contribution in [1.29, 1.82) is 0 Å². The van der Waals surface area contributed by atoms with E-state index >= 15 is 0 Å². The zero-order valence-electron chi connectivity index (χ0n) is 20.2. The Balaban J connectivity index is 1.39. The maximum Gasteiger partial charge on any atom is 0.286 e. The molecule has 8 nitrogen and oxygen atoms in total. The molecule has 3 atom stereocenters. The Hall–Kier alpha value is -3.82. The first-order valence-corrected chi connectivity index (χ1v) is 11.9. The number of benzene rings is 1. The van der Waals surface area contributed by atoms with E-state index in [1.165, 1.54) is 11.6 Å². The number of aliphatic hydroxyl groups is 1. The van der Waals surface area contributed by atoms with Gasteiger partial charge in [0.1, 0.15) is 0 Å². The lowest BCUT2D eigenvalue weighted by molar-refractivity contribution is 0.0785. The van der Waals surface area contributed by atoms with Gasteiger partial charge in [0.2, 0.25) is 0 Å². The number of aliphatic hydroxyl groups excluding tert-OH is 1. The van der Waals surface area contributed by atoms with Gasteiger partial charge < -0.3 is 25.6 Å². The number of aromatic nitrogens is 3. The molecule has 0 amide bonds. The van der Waals surface area contributed by atoms with Crippen molar-refractivity contribution in [1.82, 2.24) is 14.5 Å². The fourth-order valence-corrected chi connectivity index (χ4v) is 4.74. The van der Waals surface area contributed by atoms with Crippen LogP contribution < -0.4 is 21.5 Å². The highest BCUT2D eigenvalue weighted by molar-refractivity contribution is 5.84. The van der Waals surface area contributed by atoms with Crippen molar-refractivity contribution in [2.24, 2.45) is 18.7 Å². The Morgan fingerprint density at radius 1 is 1.19 bits per heavy atom. The summed E-state index contributed by atoms with van der Waals surface area (Å²) in [6.45, 7) is 3.71. The van der Waals surface area contributed by atoms with Crippen LogP contribution in [0.2, 0.25) is 0 Å². The minimum atomic E-state index is -0.777. The van der Waals surface area contributed by atoms with Crippen molar-refractivity contribution in [3.8, 4) is 11.1 Å². The largest absolute Gasteiger partial charge is 0.391 e. The molecule has 0 saturated carbocycles. The lowest BCUT2D eigenvalue weighted by Gasteiger charge is -2.40. The van der Waals surface area contributed by atoms with E-state index in [-0.39, 0.29) is 17.5 Å². The maximum atomic E-state index is 14.6. The van der Waals surface area contributed by atoms with Gasteiger partial charge in [0, 0.05) is 55.4 Å². The Labute approximate surface area is 208 Å². The van der Waals surface area contributed by atoms with Crippen molar-refractivity contribution >= 4 is 22.3 Å². The maximum absolute atomic E-state index is 14.6. The number of piperidine rings is 1. The van der Waals surface area contributed by atoms with Gasteiger partial charge in [-0.05, 0) is 29.8 Å². The third kappa shape index (κ3) is 4.55. The molecule has 9 heteroatoms. The summed E-state index contributed by atoms with van der Waals surface area (Å²) in [7, 11) is 1.52. The van der Waals surface area contributed by atoms with Crippen LogP contribution in [0.4, 0.5) is 15.8 Å². The van der Waals surface area contributed by atoms with E-state index in [0.717, 1.165) is 22.5 Å². The van der Waals surface area contributed by atoms with Crippen LogP contribution in [0.25, 0.3) is 22.0 Å². The number of anilines is 2. The van der Waals surface area contributed by atoms with E-state index in [1.807, 2.05) is 31.2 Å². The Bertz CT molecular complexity index is 1460. The highest BCUT2D eigenvalue weighted by Gasteiger charge is 2.31. The summed E-state index contributed by atoms with van der Waals surface area (Å²) in [5, 5.41) is 14.6. The predicted octanol–water partition coefficient (Wildman–Crippen LogP) is 2.89. The van der Waals surface area contributed by atoms with Gasteiger partial charge in [-0.3, -0.25) is 14.8 Å². The number of rotatable bonds is 5. The minimum absolute atomic E-state index is 0.0563. The quantitative estimate of drug-likeness (QED) is 0.396. The molecule has 1 aliphatic heterocycles. The number of aryl methyl sites for hydroxylation is 1. The number of nitrogens with two attached hydrogens (primary N) is 1. The number of pyridine rings is 3. The molecule has 186 valence electrons. The number of hydrogen-bond donors (Lipinski definition) is 3. The van der Waals surface area contributed by atoms with Gasteiger partial charge in [-0.2, -0.15) is 0 Å². The number of halogens is 1. The number of hydrogen-bond acceptors (Lipinski definition) is 7. The summed E-state index contributed by atoms with van der Waals surface area (Å²) >= 11 is 0. The van der Waals surface area contributed by atoms with E-state index in [0.29, 0.717) is 30.7 Å². The van der Waals surface area contributed by atoms with Crippen molar-refractivity contribution < 1.29 is 9.50 Å². The molecule has 1 aliphatic rings. The second-order valence-corrected chi connectivity index (χ2v) is 9.45. The van der Waals surface area contributed by atoms with Crippen molar-refractivity contribution in [2.75, 3.05) is 23.3 Å². The normalized spacial score (nSPS) is 20.0. The van der Waals surface area contributed by atoms with E-state index in [2.05, 4.69) is 15.2 Å². The molecule has 0 bridgehead atoms. The van der Waals surface area contributed by atoms with E-state index in [1.54, 1.807) is 36.8 Å². The molecule has 1 fully saturated rings. The molecule has 1 aromatic carbocycles. The van der Waals surface area contributed by atoms with Crippen LogP contribution in [0.1, 0.15) is 12.6 Å². The molecule has 0 aliphatic carbocycles. The zero-order valence-corrected chi connectivity index (χ0v) is 20.2. The average Bonchev–Trinajstić information content (AvgIpc) is 2.88. The predicted molar refractivity (Wildman–Crippen MR) is 139 cm³/mol. The van der Waals surface area contributed by atoms with Gasteiger partial charge in [-0.1, -0.05) is 25.1 Å². The van der Waals surface area contributed by atoms with Crippen LogP contribution in [-0.4, -0.2) is 44.9 Å². The molecular formula is C27H29FN6O2. The third-order valence-corrected chi connectivity index (χ3v) is 6.83. The smallest absolute Gasteiger partial charge is 0.286 e. The zero-order chi connectivity index (χ0) is 25.4. The van der Waals surface area contributed by atoms with Gasteiger partial charge in [0.25, 0.3) is 5.56 Å². The van der Waals surface area contributed by atoms with E-state index in [4.69, 9.17) is 10.7 Å². The fraction of sp³-hybridized carbons (Fsp3) is 0.296. The molecule has 3 aromatic heterocycles. The van der Waals surface area contributed by atoms with Gasteiger partial charge >= 0.3 is 0 Å². The van der Waals surface area contributed by atoms with Gasteiger partial charge in [0.15, 0.2) is 5.82 Å². The van der Waals surface area contributed by atoms with E-state index in [9.17, 15) is 14.3 Å². The molecule has 4 heterocycles. The second-order valence-electron chi connectivity index (χ2n) is 9.45. The molecule has 0 radical (unpaired) electrons. The van der Waals surface area contributed by atoms with Crippen LogP contribution in [0.5, 0.6) is 0 Å². The first-order valence-electron chi connectivity index (χ1n) is 11.9. The van der Waals surface area contributed by atoms with Crippen LogP contribution in [0.3, 0.4) is 0 Å². The molecule has 0 unspecified atom stereocenters. The molecule has 1 saturated heterocycles. The lowest BCUT2D eigenvalue weighted by atomic mass is 9.92. The summed E-state index contributed by atoms with van der Waals surface area (Å²) < 4.78 is 15.8. The highest BCUT2D eigenvalue weighted by Crippen LogP contribution is 2.30. The summed E-state index contributed by atoms with van der Waals surface area (Å²) in [6.07, 6.45) is 4.56. The summed E-state index contributed by atoms with van der Waals surface area (Å²) in [5.41, 5.74) is 9.70. The lowest BCUT2D eigenvalue weighted by Crippen LogP contribution is -2.55. The number of fused-ring (bicyclic) bond motifs is 1. The SMILES string of the molecule is C[C@H]1CN(c2ccncc2NCc2ccc3ccc(-c4ccn(C)c(=O)c4F)cc3n2)C[C@@H](N)[C@@H]1O. The summed E-state index contributed by atoms with van der Waals surface area (Å²) in [4.78, 5) is 23.2. The average molecular weight is 489 g/mol. The van der Waals surface area contributed by atoms with Gasteiger partial charge in [-0.25, -0.2) is 4.39 Å². The number of nitrogens with one attached hydrogen (secondary N) is 1. The van der Waals surface area contributed by atoms with Crippen molar-refractivity contribution in [3.05, 3.63) is 82.9 Å². The molecule has 0 spiro atoms. The first-order chi connectivity index (χ1) is 17.3. The monoisotopic (exact) mass is 488 g/mol. The minimum Gasteiger partial charge on any atom is -0.391 e. The Morgan fingerprint density at radius 2 is 2.00 bits per heavy atom. The van der Waals surface area contributed by atoms with E-state index < -0.39 is 17.5 Å².